The van der Waals surface area contributed by atoms with Crippen LogP contribution in [0, 0.1) is 0 Å². The summed E-state index contributed by atoms with van der Waals surface area (Å²) in [6.07, 6.45) is 0.823. The van der Waals surface area contributed by atoms with Crippen molar-refractivity contribution in [3.63, 3.8) is 0 Å². The Morgan fingerprint density at radius 2 is 2.30 bits per heavy atom. The van der Waals surface area contributed by atoms with Gasteiger partial charge in [-0.05, 0) is 18.4 Å². The van der Waals surface area contributed by atoms with Crippen molar-refractivity contribution in [2.45, 2.75) is 12.5 Å². The third-order valence-corrected chi connectivity index (χ3v) is 1.51. The van der Waals surface area contributed by atoms with Gasteiger partial charge in [-0.25, -0.2) is 0 Å². The summed E-state index contributed by atoms with van der Waals surface area (Å²) < 4.78 is 0. The van der Waals surface area contributed by atoms with Gasteiger partial charge in [0.2, 0.25) is 0 Å². The molecule has 1 atom stereocenters. The van der Waals surface area contributed by atoms with Crippen molar-refractivity contribution in [1.29, 1.82) is 0 Å². The number of rotatable bonds is 4. The van der Waals surface area contributed by atoms with Crippen LogP contribution in [0.3, 0.4) is 0 Å². The van der Waals surface area contributed by atoms with Gasteiger partial charge in [0.1, 0.15) is 0 Å². The molecule has 0 heterocycles. The van der Waals surface area contributed by atoms with Crippen molar-refractivity contribution in [3.8, 4) is 0 Å². The van der Waals surface area contributed by atoms with E-state index in [-0.39, 0.29) is 36.0 Å². The predicted molar refractivity (Wildman–Crippen MR) is 34.0 cm³/mol. The van der Waals surface area contributed by atoms with Gasteiger partial charge in [-0.15, -0.1) is 0 Å². The minimum absolute atomic E-state index is 0. The Morgan fingerprint density at radius 1 is 1.80 bits per heavy atom. The van der Waals surface area contributed by atoms with Crippen LogP contribution in [0.1, 0.15) is 6.42 Å². The minimum atomic E-state index is -1.39. The van der Waals surface area contributed by atoms with E-state index in [4.69, 9.17) is 5.11 Å². The molecule has 0 saturated heterocycles. The van der Waals surface area contributed by atoms with E-state index in [1.54, 1.807) is 0 Å². The summed E-state index contributed by atoms with van der Waals surface area (Å²) in [7, 11) is 0. The number of hydrogen-bond acceptors (Lipinski definition) is 4. The monoisotopic (exact) mass is 177 g/mol. The fourth-order valence-corrected chi connectivity index (χ4v) is 0.806. The standard InChI is InChI=1S/C5H10O3S.Na/c1-9-3-2-4(6)5(7)8;/h4,6H,2-3H2,1H3,(H,7,8);/q;+1/p-1/t4-;/m0./s1/i1+1,2+1,3+1,4+1,5+1;. The van der Waals surface area contributed by atoms with E-state index < -0.39 is 12.1 Å². The SMILES string of the molecule is [13CH3]S[13CH2][13CH2][13C@H](O)[13C](=O)[O-].[Na+]. The Labute approximate surface area is 86.5 Å². The van der Waals surface area contributed by atoms with E-state index >= 15 is 0 Å². The normalized spacial score (nSPS) is 11.8. The van der Waals surface area contributed by atoms with Crippen LogP contribution in [0.25, 0.3) is 0 Å². The smallest absolute Gasteiger partial charge is 0.547 e. The number of carbonyl (C=O) groups excluding carboxylic acids is 1. The van der Waals surface area contributed by atoms with E-state index in [1.165, 1.54) is 11.8 Å². The maximum Gasteiger partial charge on any atom is 1.00 e. The molecule has 0 aliphatic carbocycles. The number of aliphatic carboxylic acids is 1. The fourth-order valence-electron chi connectivity index (χ4n) is 0.347. The number of hydrogen-bond donors (Lipinski definition) is 1. The number of aliphatic hydroxyl groups excluding tert-OH is 1. The molecule has 0 spiro atoms. The quantitative estimate of drug-likeness (QED) is 0.350. The van der Waals surface area contributed by atoms with Gasteiger partial charge in [-0.3, -0.25) is 0 Å². The molecular formula is C5H9NaO3S. The molecule has 0 fully saturated rings. The zero-order chi connectivity index (χ0) is 7.28. The summed E-state index contributed by atoms with van der Waals surface area (Å²) in [6, 6.07) is 0. The van der Waals surface area contributed by atoms with E-state index in [0.29, 0.717) is 5.75 Å². The Morgan fingerprint density at radius 3 is 2.60 bits per heavy atom. The average molecular weight is 177 g/mol. The minimum Gasteiger partial charge on any atom is -0.547 e. The zero-order valence-electron chi connectivity index (χ0n) is 6.16. The number of carbonyl (C=O) groups is 1. The van der Waals surface area contributed by atoms with Gasteiger partial charge in [0, 0.05) is 0 Å². The Balaban J connectivity index is 0. The summed E-state index contributed by atoms with van der Waals surface area (Å²) in [4.78, 5) is 9.83. The van der Waals surface area contributed by atoms with Crippen molar-refractivity contribution in [2.24, 2.45) is 0 Å². The molecule has 0 radical (unpaired) electrons. The molecule has 0 aliphatic heterocycles. The summed E-state index contributed by atoms with van der Waals surface area (Å²) in [5.74, 6) is -0.737. The van der Waals surface area contributed by atoms with E-state index in [1.807, 2.05) is 6.26 Å². The van der Waals surface area contributed by atoms with Gasteiger partial charge >= 0.3 is 29.6 Å². The van der Waals surface area contributed by atoms with Crippen LogP contribution in [-0.4, -0.2) is 29.2 Å². The third-order valence-electron chi connectivity index (χ3n) is 0.867. The number of carboxylic acid groups (broad SMARTS) is 1. The van der Waals surface area contributed by atoms with Crippen LogP contribution >= 0.6 is 11.8 Å². The second kappa shape index (κ2) is 7.88. The van der Waals surface area contributed by atoms with Crippen LogP contribution in [0.15, 0.2) is 0 Å². The Hall–Kier alpha value is 0.780. The van der Waals surface area contributed by atoms with Gasteiger partial charge in [-0.1, -0.05) is 0 Å². The molecule has 0 amide bonds. The second-order valence-corrected chi connectivity index (χ2v) is 2.60. The summed E-state index contributed by atoms with van der Waals surface area (Å²) in [5.41, 5.74) is 0. The molecule has 0 aromatic carbocycles. The summed E-state index contributed by atoms with van der Waals surface area (Å²) in [5, 5.41) is 18.4. The number of aliphatic hydroxyl groups is 1. The van der Waals surface area contributed by atoms with Crippen molar-refractivity contribution < 1.29 is 44.6 Å². The van der Waals surface area contributed by atoms with Gasteiger partial charge in [0.05, 0.1) is 12.1 Å². The van der Waals surface area contributed by atoms with Crippen LogP contribution in [0.2, 0.25) is 0 Å². The predicted octanol–water partition coefficient (Wildman–Crippen LogP) is -4.15. The molecule has 1 N–H and O–H groups in total. The zero-order valence-corrected chi connectivity index (χ0v) is 8.98. The molecule has 0 rings (SSSR count). The molecule has 0 aliphatic rings. The van der Waals surface area contributed by atoms with E-state index in [2.05, 4.69) is 0 Å². The van der Waals surface area contributed by atoms with Crippen LogP contribution in [0.4, 0.5) is 0 Å². The van der Waals surface area contributed by atoms with E-state index in [9.17, 15) is 9.90 Å². The summed E-state index contributed by atoms with van der Waals surface area (Å²) >= 11 is 1.50. The average Bonchev–Trinajstić information content (AvgIpc) is 1.82. The Bertz CT molecular complexity index is 98.9. The molecule has 0 aromatic heterocycles. The van der Waals surface area contributed by atoms with Crippen LogP contribution in [0.5, 0.6) is 0 Å². The van der Waals surface area contributed by atoms with Gasteiger partial charge in [0.15, 0.2) is 0 Å². The first-order chi connectivity index (χ1) is 4.18. The second-order valence-electron chi connectivity index (χ2n) is 1.62. The molecule has 0 bridgehead atoms. The molecule has 3 nitrogen and oxygen atoms in total. The molecule has 5 heteroatoms. The maximum absolute atomic E-state index is 9.83. The number of thioether (sulfide) groups is 1. The molecule has 0 unspecified atom stereocenters. The van der Waals surface area contributed by atoms with Gasteiger partial charge in [0.25, 0.3) is 0 Å². The van der Waals surface area contributed by atoms with Crippen molar-refractivity contribution in [3.05, 3.63) is 0 Å². The maximum atomic E-state index is 9.83. The first-order valence-electron chi connectivity index (χ1n) is 2.56. The summed E-state index contributed by atoms with van der Waals surface area (Å²) in [6.45, 7) is 0. The van der Waals surface area contributed by atoms with E-state index in [0.717, 1.165) is 0 Å². The Kier molecular flexibility index (Phi) is 10.5. The molecule has 0 saturated carbocycles. The largest absolute Gasteiger partial charge is 1.00 e. The third kappa shape index (κ3) is 6.89. The van der Waals surface area contributed by atoms with Crippen molar-refractivity contribution >= 4 is 17.7 Å². The molecule has 0 aromatic rings. The topological polar surface area (TPSA) is 60.4 Å². The molecular weight excluding hydrogens is 168 g/mol. The van der Waals surface area contributed by atoms with Crippen molar-refractivity contribution in [2.75, 3.05) is 12.0 Å². The van der Waals surface area contributed by atoms with Gasteiger partial charge < -0.3 is 15.0 Å². The first-order valence-corrected chi connectivity index (χ1v) is 3.95. The molecule has 54 valence electrons. The fraction of sp³-hybridized carbons (Fsp3) is 0.800. The van der Waals surface area contributed by atoms with Crippen LogP contribution in [-0.2, 0) is 4.79 Å². The number of carboxylic acids is 1. The van der Waals surface area contributed by atoms with Crippen LogP contribution < -0.4 is 34.7 Å². The van der Waals surface area contributed by atoms with Gasteiger partial charge in [-0.2, -0.15) is 11.8 Å². The first kappa shape index (κ1) is 13.4. The van der Waals surface area contributed by atoms with Crippen molar-refractivity contribution in [1.82, 2.24) is 0 Å². The molecule has 10 heavy (non-hydrogen) atoms.